The summed E-state index contributed by atoms with van der Waals surface area (Å²) in [4.78, 5) is 22.3. The molecule has 0 fully saturated rings. The number of esters is 1. The van der Waals surface area contributed by atoms with Gasteiger partial charge in [0.1, 0.15) is 12.0 Å². The second-order valence-electron chi connectivity index (χ2n) is 3.48. The van der Waals surface area contributed by atoms with Crippen LogP contribution in [-0.4, -0.2) is 26.0 Å². The summed E-state index contributed by atoms with van der Waals surface area (Å²) in [6.45, 7) is 2.05. The zero-order chi connectivity index (χ0) is 12.7. The van der Waals surface area contributed by atoms with E-state index in [9.17, 15) is 9.59 Å². The van der Waals surface area contributed by atoms with Gasteiger partial charge in [-0.15, -0.1) is 0 Å². The van der Waals surface area contributed by atoms with Crippen LogP contribution in [0.15, 0.2) is 24.3 Å². The largest absolute Gasteiger partial charge is 0.497 e. The van der Waals surface area contributed by atoms with E-state index in [4.69, 9.17) is 9.47 Å². The lowest BCUT2D eigenvalue weighted by Crippen LogP contribution is -2.16. The minimum Gasteiger partial charge on any atom is -0.497 e. The number of ether oxygens (including phenoxy) is 2. The summed E-state index contributed by atoms with van der Waals surface area (Å²) in [5.41, 5.74) is 0.761. The molecule has 0 bridgehead atoms. The minimum atomic E-state index is -0.529. The number of hydrogen-bond acceptors (Lipinski definition) is 4. The first kappa shape index (κ1) is 13.2. The standard InChI is InChI=1S/C13H16O4/c1-3-17-13(15)12(8-9-14)10-4-6-11(16-2)7-5-10/h4-7,9,12H,3,8H2,1-2H3. The van der Waals surface area contributed by atoms with Crippen LogP contribution >= 0.6 is 0 Å². The second kappa shape index (κ2) is 6.68. The quantitative estimate of drug-likeness (QED) is 0.559. The molecule has 0 N–H and O–H groups in total. The lowest BCUT2D eigenvalue weighted by molar-refractivity contribution is -0.145. The third kappa shape index (κ3) is 3.59. The van der Waals surface area contributed by atoms with Crippen molar-refractivity contribution in [1.82, 2.24) is 0 Å². The van der Waals surface area contributed by atoms with E-state index in [1.807, 2.05) is 0 Å². The van der Waals surface area contributed by atoms with Gasteiger partial charge in [-0.25, -0.2) is 0 Å². The molecule has 1 rings (SSSR count). The van der Waals surface area contributed by atoms with Crippen LogP contribution in [0.3, 0.4) is 0 Å². The molecule has 1 aromatic rings. The zero-order valence-corrected chi connectivity index (χ0v) is 10.0. The molecular weight excluding hydrogens is 220 g/mol. The summed E-state index contributed by atoms with van der Waals surface area (Å²) in [7, 11) is 1.57. The van der Waals surface area contributed by atoms with Crippen LogP contribution in [-0.2, 0) is 14.3 Å². The predicted molar refractivity (Wildman–Crippen MR) is 63.0 cm³/mol. The highest BCUT2D eigenvalue weighted by Gasteiger charge is 2.21. The van der Waals surface area contributed by atoms with Gasteiger partial charge in [0, 0.05) is 6.42 Å². The monoisotopic (exact) mass is 236 g/mol. The highest BCUT2D eigenvalue weighted by Crippen LogP contribution is 2.23. The summed E-state index contributed by atoms with van der Waals surface area (Å²) in [6, 6.07) is 7.05. The van der Waals surface area contributed by atoms with Crippen molar-refractivity contribution in [2.75, 3.05) is 13.7 Å². The first-order valence-electron chi connectivity index (χ1n) is 5.47. The third-order valence-corrected chi connectivity index (χ3v) is 2.42. The van der Waals surface area contributed by atoms with E-state index in [2.05, 4.69) is 0 Å². The summed E-state index contributed by atoms with van der Waals surface area (Å²) in [5, 5.41) is 0. The van der Waals surface area contributed by atoms with E-state index in [-0.39, 0.29) is 12.4 Å². The third-order valence-electron chi connectivity index (χ3n) is 2.42. The van der Waals surface area contributed by atoms with Gasteiger partial charge < -0.3 is 14.3 Å². The van der Waals surface area contributed by atoms with Crippen molar-refractivity contribution in [2.24, 2.45) is 0 Å². The molecule has 92 valence electrons. The van der Waals surface area contributed by atoms with Crippen molar-refractivity contribution in [2.45, 2.75) is 19.3 Å². The molecule has 0 amide bonds. The first-order valence-corrected chi connectivity index (χ1v) is 5.47. The highest BCUT2D eigenvalue weighted by molar-refractivity contribution is 5.81. The number of rotatable bonds is 6. The van der Waals surface area contributed by atoms with E-state index < -0.39 is 5.92 Å². The van der Waals surface area contributed by atoms with E-state index >= 15 is 0 Å². The minimum absolute atomic E-state index is 0.130. The van der Waals surface area contributed by atoms with Gasteiger partial charge in [-0.2, -0.15) is 0 Å². The van der Waals surface area contributed by atoms with Crippen molar-refractivity contribution >= 4 is 12.3 Å². The van der Waals surface area contributed by atoms with Gasteiger partial charge in [-0.1, -0.05) is 12.1 Å². The fraction of sp³-hybridized carbons (Fsp3) is 0.385. The van der Waals surface area contributed by atoms with Gasteiger partial charge in [-0.05, 0) is 24.6 Å². The summed E-state index contributed by atoms with van der Waals surface area (Å²) < 4.78 is 9.97. The molecule has 0 aromatic heterocycles. The highest BCUT2D eigenvalue weighted by atomic mass is 16.5. The molecule has 17 heavy (non-hydrogen) atoms. The van der Waals surface area contributed by atoms with Crippen LogP contribution < -0.4 is 4.74 Å². The maximum atomic E-state index is 11.7. The predicted octanol–water partition coefficient (Wildman–Crippen LogP) is 1.93. The molecular formula is C13H16O4. The Morgan fingerprint density at radius 3 is 2.47 bits per heavy atom. The van der Waals surface area contributed by atoms with Crippen LogP contribution in [0.5, 0.6) is 5.75 Å². The van der Waals surface area contributed by atoms with Crippen LogP contribution in [0.25, 0.3) is 0 Å². The Labute approximate surface area is 101 Å². The summed E-state index contributed by atoms with van der Waals surface area (Å²) in [5.74, 6) is -0.189. The second-order valence-corrected chi connectivity index (χ2v) is 3.48. The molecule has 0 aliphatic carbocycles. The number of benzene rings is 1. The van der Waals surface area contributed by atoms with Gasteiger partial charge >= 0.3 is 5.97 Å². The number of hydrogen-bond donors (Lipinski definition) is 0. The molecule has 4 nitrogen and oxygen atoms in total. The molecule has 0 aliphatic heterocycles. The SMILES string of the molecule is CCOC(=O)C(CC=O)c1ccc(OC)cc1. The smallest absolute Gasteiger partial charge is 0.313 e. The molecule has 0 aliphatic rings. The zero-order valence-electron chi connectivity index (χ0n) is 10.0. The Morgan fingerprint density at radius 2 is 2.00 bits per heavy atom. The summed E-state index contributed by atoms with van der Waals surface area (Å²) in [6.07, 6.45) is 0.858. The van der Waals surface area contributed by atoms with Crippen molar-refractivity contribution < 1.29 is 19.1 Å². The topological polar surface area (TPSA) is 52.6 Å². The van der Waals surface area contributed by atoms with Crippen molar-refractivity contribution in [3.8, 4) is 5.75 Å². The number of carbonyl (C=O) groups excluding carboxylic acids is 2. The average molecular weight is 236 g/mol. The normalized spacial score (nSPS) is 11.6. The van der Waals surface area contributed by atoms with Crippen molar-refractivity contribution in [3.05, 3.63) is 29.8 Å². The van der Waals surface area contributed by atoms with E-state index in [0.717, 1.165) is 11.8 Å². The fourth-order valence-corrected chi connectivity index (χ4v) is 1.54. The maximum absolute atomic E-state index is 11.7. The molecule has 0 radical (unpaired) electrons. The van der Waals surface area contributed by atoms with Gasteiger partial charge in [0.2, 0.25) is 0 Å². The Morgan fingerprint density at radius 1 is 1.35 bits per heavy atom. The van der Waals surface area contributed by atoms with Crippen molar-refractivity contribution in [3.63, 3.8) is 0 Å². The van der Waals surface area contributed by atoms with Gasteiger partial charge in [0.15, 0.2) is 0 Å². The maximum Gasteiger partial charge on any atom is 0.313 e. The Hall–Kier alpha value is -1.84. The van der Waals surface area contributed by atoms with Crippen LogP contribution in [0, 0.1) is 0 Å². The molecule has 1 aromatic carbocycles. The Balaban J connectivity index is 2.88. The molecule has 0 saturated carbocycles. The number of carbonyl (C=O) groups is 2. The van der Waals surface area contributed by atoms with Gasteiger partial charge in [0.25, 0.3) is 0 Å². The van der Waals surface area contributed by atoms with E-state index in [1.54, 1.807) is 38.3 Å². The van der Waals surface area contributed by atoms with Crippen LogP contribution in [0.1, 0.15) is 24.8 Å². The van der Waals surface area contributed by atoms with Gasteiger partial charge in [0.05, 0.1) is 19.6 Å². The van der Waals surface area contributed by atoms with E-state index in [0.29, 0.717) is 12.4 Å². The van der Waals surface area contributed by atoms with Crippen molar-refractivity contribution in [1.29, 1.82) is 0 Å². The average Bonchev–Trinajstić information content (AvgIpc) is 2.36. The molecule has 4 heteroatoms. The number of aldehydes is 1. The Kier molecular flexibility index (Phi) is 5.20. The lowest BCUT2D eigenvalue weighted by atomic mass is 9.96. The molecule has 0 heterocycles. The molecule has 0 spiro atoms. The Bertz CT molecular complexity index is 370. The van der Waals surface area contributed by atoms with E-state index in [1.165, 1.54) is 0 Å². The lowest BCUT2D eigenvalue weighted by Gasteiger charge is -2.13. The molecule has 0 saturated heterocycles. The number of methoxy groups -OCH3 is 1. The fourth-order valence-electron chi connectivity index (χ4n) is 1.54. The van der Waals surface area contributed by atoms with Gasteiger partial charge in [-0.3, -0.25) is 4.79 Å². The first-order chi connectivity index (χ1) is 8.22. The molecule has 1 atom stereocenters. The van der Waals surface area contributed by atoms with Crippen LogP contribution in [0.4, 0.5) is 0 Å². The summed E-state index contributed by atoms with van der Waals surface area (Å²) >= 11 is 0. The molecule has 1 unspecified atom stereocenters. The van der Waals surface area contributed by atoms with Crippen LogP contribution in [0.2, 0.25) is 0 Å².